The van der Waals surface area contributed by atoms with Crippen LogP contribution in [-0.4, -0.2) is 26.0 Å². The van der Waals surface area contributed by atoms with E-state index in [-0.39, 0.29) is 5.75 Å². The Labute approximate surface area is 89.8 Å². The van der Waals surface area contributed by atoms with Gasteiger partial charge in [0.05, 0.1) is 19.8 Å². The number of hydrogen-bond acceptors (Lipinski definition) is 4. The molecule has 6 heteroatoms. The van der Waals surface area contributed by atoms with E-state index in [2.05, 4.69) is 9.47 Å². The van der Waals surface area contributed by atoms with E-state index in [0.29, 0.717) is 12.1 Å². The predicted molar refractivity (Wildman–Crippen MR) is 49.3 cm³/mol. The molecule has 0 aromatic heterocycles. The van der Waals surface area contributed by atoms with Crippen molar-refractivity contribution in [1.29, 1.82) is 0 Å². The molecule has 0 unspecified atom stereocenters. The molecule has 1 aromatic rings. The first-order chi connectivity index (χ1) is 7.51. The van der Waals surface area contributed by atoms with Gasteiger partial charge in [0, 0.05) is 6.07 Å². The number of benzene rings is 1. The smallest absolute Gasteiger partial charge is 0.379 e. The number of esters is 1. The Kier molecular flexibility index (Phi) is 3.55. The van der Waals surface area contributed by atoms with Crippen LogP contribution in [0.25, 0.3) is 0 Å². The van der Waals surface area contributed by atoms with Gasteiger partial charge in [0.25, 0.3) is 5.78 Å². The number of ether oxygens (including phenoxy) is 2. The standard InChI is InChI=1S/C10H8F2O4/c1-15-8-4-6(11)5(3-7(8)12)9(13)10(14)16-2/h3-4H,1-2H3. The van der Waals surface area contributed by atoms with Crippen LogP contribution in [0.15, 0.2) is 12.1 Å². The number of methoxy groups -OCH3 is 2. The Morgan fingerprint density at radius 2 is 1.75 bits per heavy atom. The van der Waals surface area contributed by atoms with Crippen molar-refractivity contribution in [3.63, 3.8) is 0 Å². The molecular weight excluding hydrogens is 222 g/mol. The molecule has 0 bridgehead atoms. The van der Waals surface area contributed by atoms with Crippen molar-refractivity contribution in [3.05, 3.63) is 29.3 Å². The Morgan fingerprint density at radius 3 is 2.25 bits per heavy atom. The number of hydrogen-bond donors (Lipinski definition) is 0. The number of carbonyl (C=O) groups excluding carboxylic acids is 2. The van der Waals surface area contributed by atoms with Crippen molar-refractivity contribution in [2.24, 2.45) is 0 Å². The lowest BCUT2D eigenvalue weighted by atomic mass is 10.1. The molecular formula is C10H8F2O4. The summed E-state index contributed by atoms with van der Waals surface area (Å²) in [6.45, 7) is 0. The summed E-state index contributed by atoms with van der Waals surface area (Å²) in [5.74, 6) is -4.84. The second kappa shape index (κ2) is 4.69. The van der Waals surface area contributed by atoms with Gasteiger partial charge in [-0.1, -0.05) is 0 Å². The molecule has 0 heterocycles. The van der Waals surface area contributed by atoms with Gasteiger partial charge >= 0.3 is 5.97 Å². The van der Waals surface area contributed by atoms with Gasteiger partial charge in [0.2, 0.25) is 0 Å². The Balaban J connectivity index is 3.21. The van der Waals surface area contributed by atoms with Crippen molar-refractivity contribution < 1.29 is 27.8 Å². The topological polar surface area (TPSA) is 52.6 Å². The molecule has 16 heavy (non-hydrogen) atoms. The quantitative estimate of drug-likeness (QED) is 0.446. The molecule has 1 rings (SSSR count). The van der Waals surface area contributed by atoms with Gasteiger partial charge < -0.3 is 9.47 Å². The van der Waals surface area contributed by atoms with Gasteiger partial charge in [0.1, 0.15) is 5.82 Å². The zero-order valence-corrected chi connectivity index (χ0v) is 8.54. The van der Waals surface area contributed by atoms with E-state index in [0.717, 1.165) is 14.2 Å². The first-order valence-corrected chi connectivity index (χ1v) is 4.17. The van der Waals surface area contributed by atoms with Crippen LogP contribution in [0, 0.1) is 11.6 Å². The van der Waals surface area contributed by atoms with Crippen molar-refractivity contribution in [3.8, 4) is 5.75 Å². The third kappa shape index (κ3) is 2.16. The van der Waals surface area contributed by atoms with Crippen molar-refractivity contribution in [2.45, 2.75) is 0 Å². The van der Waals surface area contributed by atoms with Gasteiger partial charge in [-0.05, 0) is 6.07 Å². The first-order valence-electron chi connectivity index (χ1n) is 4.17. The lowest BCUT2D eigenvalue weighted by Gasteiger charge is -2.05. The molecule has 0 amide bonds. The Morgan fingerprint density at radius 1 is 1.12 bits per heavy atom. The van der Waals surface area contributed by atoms with Crippen LogP contribution in [0.5, 0.6) is 5.75 Å². The minimum absolute atomic E-state index is 0.348. The molecule has 0 radical (unpaired) electrons. The molecule has 0 saturated heterocycles. The van der Waals surface area contributed by atoms with E-state index in [1.54, 1.807) is 0 Å². The summed E-state index contributed by atoms with van der Waals surface area (Å²) in [4.78, 5) is 22.1. The van der Waals surface area contributed by atoms with E-state index in [9.17, 15) is 18.4 Å². The minimum atomic E-state index is -1.26. The molecule has 1 aromatic carbocycles. The summed E-state index contributed by atoms with van der Waals surface area (Å²) in [6.07, 6.45) is 0. The highest BCUT2D eigenvalue weighted by molar-refractivity contribution is 6.40. The second-order valence-electron chi connectivity index (χ2n) is 2.79. The Bertz CT molecular complexity index is 443. The monoisotopic (exact) mass is 230 g/mol. The van der Waals surface area contributed by atoms with Crippen molar-refractivity contribution in [2.75, 3.05) is 14.2 Å². The minimum Gasteiger partial charge on any atom is -0.494 e. The molecule has 0 aliphatic carbocycles. The first kappa shape index (κ1) is 12.1. The fraction of sp³-hybridized carbons (Fsp3) is 0.200. The lowest BCUT2D eigenvalue weighted by molar-refractivity contribution is -0.135. The maximum atomic E-state index is 13.3. The summed E-state index contributed by atoms with van der Waals surface area (Å²) in [7, 11) is 2.12. The number of Topliss-reactive ketones (excluding diaryl/α,β-unsaturated/α-hetero) is 1. The average Bonchev–Trinajstić information content (AvgIpc) is 2.29. The van der Waals surface area contributed by atoms with Gasteiger partial charge in [-0.3, -0.25) is 4.79 Å². The maximum Gasteiger partial charge on any atom is 0.379 e. The van der Waals surface area contributed by atoms with Crippen LogP contribution in [0.3, 0.4) is 0 Å². The highest BCUT2D eigenvalue weighted by Crippen LogP contribution is 2.21. The lowest BCUT2D eigenvalue weighted by Crippen LogP contribution is -2.17. The fourth-order valence-corrected chi connectivity index (χ4v) is 1.06. The average molecular weight is 230 g/mol. The van der Waals surface area contributed by atoms with E-state index in [4.69, 9.17) is 0 Å². The van der Waals surface area contributed by atoms with E-state index in [1.807, 2.05) is 0 Å². The zero-order chi connectivity index (χ0) is 12.3. The van der Waals surface area contributed by atoms with Crippen LogP contribution in [0.4, 0.5) is 8.78 Å². The predicted octanol–water partition coefficient (Wildman–Crippen LogP) is 1.33. The van der Waals surface area contributed by atoms with Gasteiger partial charge in [-0.2, -0.15) is 0 Å². The highest BCUT2D eigenvalue weighted by Gasteiger charge is 2.23. The summed E-state index contributed by atoms with van der Waals surface area (Å²) >= 11 is 0. The van der Waals surface area contributed by atoms with E-state index in [1.165, 1.54) is 0 Å². The normalized spacial score (nSPS) is 9.75. The SMILES string of the molecule is COC(=O)C(=O)c1cc(F)c(OC)cc1F. The van der Waals surface area contributed by atoms with Gasteiger partial charge in [0.15, 0.2) is 11.6 Å². The van der Waals surface area contributed by atoms with Crippen LogP contribution < -0.4 is 4.74 Å². The van der Waals surface area contributed by atoms with Crippen molar-refractivity contribution in [1.82, 2.24) is 0 Å². The maximum absolute atomic E-state index is 13.3. The van der Waals surface area contributed by atoms with Crippen LogP contribution >= 0.6 is 0 Å². The summed E-state index contributed by atoms with van der Waals surface area (Å²) in [5.41, 5.74) is -0.690. The largest absolute Gasteiger partial charge is 0.494 e. The molecule has 0 aliphatic rings. The van der Waals surface area contributed by atoms with Gasteiger partial charge in [-0.25, -0.2) is 13.6 Å². The number of halogens is 2. The molecule has 0 saturated carbocycles. The van der Waals surface area contributed by atoms with Crippen LogP contribution in [0.1, 0.15) is 10.4 Å². The summed E-state index contributed by atoms with van der Waals surface area (Å²) in [5, 5.41) is 0. The number of ketones is 1. The number of rotatable bonds is 3. The molecule has 0 N–H and O–H groups in total. The molecule has 0 spiro atoms. The molecule has 86 valence electrons. The van der Waals surface area contributed by atoms with E-state index < -0.39 is 29.0 Å². The third-order valence-corrected chi connectivity index (χ3v) is 1.86. The van der Waals surface area contributed by atoms with E-state index >= 15 is 0 Å². The molecule has 0 atom stereocenters. The summed E-state index contributed by atoms with van der Waals surface area (Å²) < 4.78 is 35.1. The zero-order valence-electron chi connectivity index (χ0n) is 8.54. The molecule has 4 nitrogen and oxygen atoms in total. The highest BCUT2D eigenvalue weighted by atomic mass is 19.1. The van der Waals surface area contributed by atoms with Gasteiger partial charge in [-0.15, -0.1) is 0 Å². The third-order valence-electron chi connectivity index (χ3n) is 1.86. The summed E-state index contributed by atoms with van der Waals surface area (Å²) in [6, 6.07) is 1.28. The second-order valence-corrected chi connectivity index (χ2v) is 2.79. The fourth-order valence-electron chi connectivity index (χ4n) is 1.06. The van der Waals surface area contributed by atoms with Crippen LogP contribution in [-0.2, 0) is 9.53 Å². The number of carbonyl (C=O) groups is 2. The van der Waals surface area contributed by atoms with Crippen molar-refractivity contribution >= 4 is 11.8 Å². The van der Waals surface area contributed by atoms with Crippen LogP contribution in [0.2, 0.25) is 0 Å². The molecule has 0 aliphatic heterocycles. The molecule has 0 fully saturated rings. The Hall–Kier alpha value is -1.98.